The maximum Gasteiger partial charge on any atom is 0.435 e. The largest absolute Gasteiger partial charge is 0.435 e. The monoisotopic (exact) mass is 305 g/mol. The van der Waals surface area contributed by atoms with Crippen molar-refractivity contribution in [2.45, 2.75) is 12.6 Å². The van der Waals surface area contributed by atoms with E-state index in [9.17, 15) is 18.0 Å². The minimum Gasteiger partial charge on any atom is -0.365 e. The topological polar surface area (TPSA) is 71.8 Å². The second-order valence-electron chi connectivity index (χ2n) is 3.95. The van der Waals surface area contributed by atoms with Crippen LogP contribution in [0, 0.1) is 0 Å². The molecule has 3 N–H and O–H groups in total. The minimum absolute atomic E-state index is 0. The molecule has 1 aromatic heterocycles. The van der Waals surface area contributed by atoms with Gasteiger partial charge in [-0.25, -0.2) is 0 Å². The van der Waals surface area contributed by atoms with E-state index in [-0.39, 0.29) is 24.5 Å². The minimum atomic E-state index is -4.71. The molecule has 2 aromatic rings. The van der Waals surface area contributed by atoms with E-state index < -0.39 is 23.3 Å². The SMILES string of the molecule is Cl.NC(=O)c1c(C(F)(F)F)n[nH]c1Cc1ccccc1. The number of primary amides is 1. The Morgan fingerprint density at radius 2 is 1.85 bits per heavy atom. The van der Waals surface area contributed by atoms with Crippen LogP contribution in [0.25, 0.3) is 0 Å². The number of nitrogens with two attached hydrogens (primary N) is 1. The summed E-state index contributed by atoms with van der Waals surface area (Å²) in [6.07, 6.45) is -4.59. The molecule has 0 spiro atoms. The summed E-state index contributed by atoms with van der Waals surface area (Å²) < 4.78 is 38.0. The van der Waals surface area contributed by atoms with Gasteiger partial charge >= 0.3 is 6.18 Å². The standard InChI is InChI=1S/C12H10F3N3O.ClH/c13-12(14,15)10-9(11(16)19)8(17-18-10)6-7-4-2-1-3-5-7;/h1-5H,6H2,(H2,16,19)(H,17,18);1H. The molecule has 4 nitrogen and oxygen atoms in total. The lowest BCUT2D eigenvalue weighted by Crippen LogP contribution is -2.19. The summed E-state index contributed by atoms with van der Waals surface area (Å²) in [6, 6.07) is 8.75. The number of hydrogen-bond acceptors (Lipinski definition) is 2. The van der Waals surface area contributed by atoms with Crippen LogP contribution in [0.3, 0.4) is 0 Å². The summed E-state index contributed by atoms with van der Waals surface area (Å²) in [5, 5.41) is 5.39. The van der Waals surface area contributed by atoms with Gasteiger partial charge in [0.25, 0.3) is 5.91 Å². The average molecular weight is 306 g/mol. The van der Waals surface area contributed by atoms with Crippen LogP contribution >= 0.6 is 12.4 Å². The highest BCUT2D eigenvalue weighted by atomic mass is 35.5. The molecule has 0 aliphatic heterocycles. The summed E-state index contributed by atoms with van der Waals surface area (Å²) in [6.45, 7) is 0. The number of nitrogens with one attached hydrogen (secondary N) is 1. The summed E-state index contributed by atoms with van der Waals surface area (Å²) in [5.41, 5.74) is 3.95. The molecule has 0 saturated carbocycles. The van der Waals surface area contributed by atoms with Gasteiger partial charge in [-0.15, -0.1) is 12.4 Å². The van der Waals surface area contributed by atoms with Crippen molar-refractivity contribution >= 4 is 18.3 Å². The van der Waals surface area contributed by atoms with Gasteiger partial charge in [-0.1, -0.05) is 30.3 Å². The van der Waals surface area contributed by atoms with E-state index in [1.54, 1.807) is 30.3 Å². The van der Waals surface area contributed by atoms with Gasteiger partial charge in [0.05, 0.1) is 11.3 Å². The van der Waals surface area contributed by atoms with Gasteiger partial charge in [0.15, 0.2) is 5.69 Å². The van der Waals surface area contributed by atoms with Crippen molar-refractivity contribution in [2.75, 3.05) is 0 Å². The number of rotatable bonds is 3. The van der Waals surface area contributed by atoms with Crippen LogP contribution in [0.15, 0.2) is 30.3 Å². The molecule has 0 radical (unpaired) electrons. The second kappa shape index (κ2) is 5.96. The lowest BCUT2D eigenvalue weighted by atomic mass is 10.0. The lowest BCUT2D eigenvalue weighted by Gasteiger charge is -2.05. The van der Waals surface area contributed by atoms with Crippen LogP contribution in [0.5, 0.6) is 0 Å². The smallest absolute Gasteiger partial charge is 0.365 e. The Hall–Kier alpha value is -2.02. The van der Waals surface area contributed by atoms with Gasteiger partial charge in [-0.2, -0.15) is 18.3 Å². The first-order valence-electron chi connectivity index (χ1n) is 5.37. The number of halogens is 4. The van der Waals surface area contributed by atoms with E-state index in [1.165, 1.54) is 0 Å². The van der Waals surface area contributed by atoms with E-state index in [1.807, 2.05) is 0 Å². The quantitative estimate of drug-likeness (QED) is 0.914. The molecule has 0 fully saturated rings. The average Bonchev–Trinajstić information content (AvgIpc) is 2.74. The summed E-state index contributed by atoms with van der Waals surface area (Å²) in [7, 11) is 0. The molecule has 1 heterocycles. The zero-order valence-corrected chi connectivity index (χ0v) is 10.9. The molecule has 108 valence electrons. The van der Waals surface area contributed by atoms with E-state index in [0.717, 1.165) is 5.56 Å². The van der Waals surface area contributed by atoms with Crippen LogP contribution in [0.2, 0.25) is 0 Å². The van der Waals surface area contributed by atoms with Gasteiger partial charge < -0.3 is 5.73 Å². The third kappa shape index (κ3) is 3.30. The molecular weight excluding hydrogens is 295 g/mol. The Balaban J connectivity index is 0.00000200. The fraction of sp³-hybridized carbons (Fsp3) is 0.167. The highest BCUT2D eigenvalue weighted by molar-refractivity contribution is 5.95. The molecule has 8 heteroatoms. The Bertz CT molecular complexity index is 596. The maximum absolute atomic E-state index is 12.7. The summed E-state index contributed by atoms with van der Waals surface area (Å²) >= 11 is 0. The van der Waals surface area contributed by atoms with Crippen molar-refractivity contribution in [3.63, 3.8) is 0 Å². The van der Waals surface area contributed by atoms with Gasteiger partial charge in [0.1, 0.15) is 0 Å². The van der Waals surface area contributed by atoms with Crippen LogP contribution in [-0.2, 0) is 12.6 Å². The number of aromatic nitrogens is 2. The first kappa shape index (κ1) is 16.0. The summed E-state index contributed by atoms with van der Waals surface area (Å²) in [5.74, 6) is -1.15. The number of amides is 1. The highest BCUT2D eigenvalue weighted by Crippen LogP contribution is 2.31. The first-order valence-corrected chi connectivity index (χ1v) is 5.37. The van der Waals surface area contributed by atoms with E-state index >= 15 is 0 Å². The van der Waals surface area contributed by atoms with Crippen LogP contribution in [0.4, 0.5) is 13.2 Å². The second-order valence-corrected chi connectivity index (χ2v) is 3.95. The van der Waals surface area contributed by atoms with Crippen molar-refractivity contribution in [1.29, 1.82) is 0 Å². The molecule has 0 atom stereocenters. The molecule has 1 amide bonds. The number of nitrogens with zero attached hydrogens (tertiary/aromatic N) is 1. The number of aromatic amines is 1. The van der Waals surface area contributed by atoms with E-state index in [2.05, 4.69) is 10.2 Å². The number of carbonyl (C=O) groups is 1. The predicted molar refractivity (Wildman–Crippen MR) is 68.6 cm³/mol. The predicted octanol–water partition coefficient (Wildman–Crippen LogP) is 2.54. The molecule has 2 rings (SSSR count). The molecule has 20 heavy (non-hydrogen) atoms. The Morgan fingerprint density at radius 1 is 1.25 bits per heavy atom. The number of hydrogen-bond donors (Lipinski definition) is 2. The lowest BCUT2D eigenvalue weighted by molar-refractivity contribution is -0.141. The van der Waals surface area contributed by atoms with Crippen molar-refractivity contribution in [3.05, 3.63) is 52.8 Å². The molecule has 0 aliphatic rings. The Labute approximate surface area is 118 Å². The zero-order valence-electron chi connectivity index (χ0n) is 10.1. The molecule has 0 aliphatic carbocycles. The first-order chi connectivity index (χ1) is 8.89. The van der Waals surface area contributed by atoms with E-state index in [0.29, 0.717) is 0 Å². The number of carbonyl (C=O) groups excluding carboxylic acids is 1. The fourth-order valence-electron chi connectivity index (χ4n) is 1.78. The molecular formula is C12H11ClF3N3O. The maximum atomic E-state index is 12.7. The third-order valence-electron chi connectivity index (χ3n) is 2.58. The fourth-order valence-corrected chi connectivity index (χ4v) is 1.78. The van der Waals surface area contributed by atoms with Gasteiger partial charge in [-0.05, 0) is 5.56 Å². The molecule has 1 aromatic carbocycles. The van der Waals surface area contributed by atoms with E-state index in [4.69, 9.17) is 5.73 Å². The number of alkyl halides is 3. The Morgan fingerprint density at radius 3 is 2.35 bits per heavy atom. The van der Waals surface area contributed by atoms with Crippen molar-refractivity contribution in [3.8, 4) is 0 Å². The normalized spacial score (nSPS) is 10.9. The Kier molecular flexibility index (Phi) is 4.78. The van der Waals surface area contributed by atoms with Gasteiger partial charge in [0.2, 0.25) is 0 Å². The highest BCUT2D eigenvalue weighted by Gasteiger charge is 2.39. The van der Waals surface area contributed by atoms with Crippen molar-refractivity contribution in [2.24, 2.45) is 5.73 Å². The molecule has 0 bridgehead atoms. The van der Waals surface area contributed by atoms with Crippen molar-refractivity contribution < 1.29 is 18.0 Å². The zero-order chi connectivity index (χ0) is 14.0. The van der Waals surface area contributed by atoms with Crippen molar-refractivity contribution in [1.82, 2.24) is 10.2 Å². The molecule has 0 unspecified atom stereocenters. The van der Waals surface area contributed by atoms with Crippen LogP contribution < -0.4 is 5.73 Å². The van der Waals surface area contributed by atoms with Crippen LogP contribution in [0.1, 0.15) is 27.3 Å². The van der Waals surface area contributed by atoms with Gasteiger partial charge in [-0.3, -0.25) is 9.89 Å². The molecule has 0 saturated heterocycles. The van der Waals surface area contributed by atoms with Crippen LogP contribution in [-0.4, -0.2) is 16.1 Å². The van der Waals surface area contributed by atoms with Gasteiger partial charge in [0, 0.05) is 6.42 Å². The number of H-pyrrole nitrogens is 1. The number of benzene rings is 1. The summed E-state index contributed by atoms with van der Waals surface area (Å²) in [4.78, 5) is 11.2. The third-order valence-corrected chi connectivity index (χ3v) is 2.58.